The van der Waals surface area contributed by atoms with E-state index in [1.165, 1.54) is 31.3 Å². The first-order valence-electron chi connectivity index (χ1n) is 19.3. The summed E-state index contributed by atoms with van der Waals surface area (Å²) >= 11 is 0. The molecule has 0 aliphatic heterocycles. The van der Waals surface area contributed by atoms with Crippen LogP contribution in [-0.2, 0) is 11.2 Å². The van der Waals surface area contributed by atoms with Crippen molar-refractivity contribution in [1.29, 1.82) is 0 Å². The molecular formula is C42H64N2O5. The van der Waals surface area contributed by atoms with E-state index in [1.54, 1.807) is 6.07 Å². The van der Waals surface area contributed by atoms with Gasteiger partial charge >= 0.3 is 0 Å². The van der Waals surface area contributed by atoms with Crippen LogP contribution < -0.4 is 10.6 Å². The van der Waals surface area contributed by atoms with Gasteiger partial charge in [0.1, 0.15) is 0 Å². The van der Waals surface area contributed by atoms with Crippen molar-refractivity contribution in [2.75, 3.05) is 19.7 Å². The average molecular weight is 677 g/mol. The minimum Gasteiger partial charge on any atom is -0.394 e. The van der Waals surface area contributed by atoms with Crippen LogP contribution in [0, 0.1) is 56.7 Å². The van der Waals surface area contributed by atoms with E-state index in [4.69, 9.17) is 5.11 Å². The third kappa shape index (κ3) is 5.73. The highest BCUT2D eigenvalue weighted by atomic mass is 16.3. The molecular weight excluding hydrogens is 612 g/mol. The number of carbonyl (C=O) groups is 2. The third-order valence-corrected chi connectivity index (χ3v) is 16.1. The number of nitrogens with one attached hydrogen (secondary N) is 2. The molecule has 11 atom stereocenters. The quantitative estimate of drug-likeness (QED) is 0.193. The molecule has 5 aliphatic carbocycles. The summed E-state index contributed by atoms with van der Waals surface area (Å²) in [6.45, 7) is 19.3. The van der Waals surface area contributed by atoms with Crippen LogP contribution in [0.1, 0.15) is 122 Å². The maximum Gasteiger partial charge on any atom is 0.251 e. The molecule has 1 aromatic carbocycles. The summed E-state index contributed by atoms with van der Waals surface area (Å²) in [5.74, 6) is 2.25. The van der Waals surface area contributed by atoms with Crippen LogP contribution in [0.15, 0.2) is 36.4 Å². The van der Waals surface area contributed by atoms with Crippen molar-refractivity contribution in [1.82, 2.24) is 10.6 Å². The van der Waals surface area contributed by atoms with Crippen molar-refractivity contribution in [3.63, 3.8) is 0 Å². The molecule has 49 heavy (non-hydrogen) atoms. The van der Waals surface area contributed by atoms with Crippen molar-refractivity contribution < 1.29 is 24.9 Å². The molecule has 1 aromatic rings. The Bertz CT molecular complexity index is 1440. The maximum absolute atomic E-state index is 14.5. The second-order valence-corrected chi connectivity index (χ2v) is 18.5. The molecule has 5 N–H and O–H groups in total. The molecule has 7 heteroatoms. The van der Waals surface area contributed by atoms with Gasteiger partial charge in [-0.3, -0.25) is 9.59 Å². The zero-order valence-electron chi connectivity index (χ0n) is 31.1. The number of aliphatic hydroxyl groups excluding tert-OH is 3. The second-order valence-electron chi connectivity index (χ2n) is 18.5. The fraction of sp³-hybridized carbons (Fsp3) is 0.762. The topological polar surface area (TPSA) is 119 Å². The summed E-state index contributed by atoms with van der Waals surface area (Å²) < 4.78 is 0. The van der Waals surface area contributed by atoms with Gasteiger partial charge in [-0.15, -0.1) is 0 Å². The highest BCUT2D eigenvalue weighted by Crippen LogP contribution is 2.77. The van der Waals surface area contributed by atoms with Crippen LogP contribution in [0.25, 0.3) is 0 Å². The van der Waals surface area contributed by atoms with Gasteiger partial charge in [0.05, 0.1) is 24.2 Å². The van der Waals surface area contributed by atoms with Crippen LogP contribution in [0.5, 0.6) is 0 Å². The van der Waals surface area contributed by atoms with Crippen LogP contribution in [0.4, 0.5) is 0 Å². The Labute approximate surface area is 295 Å². The van der Waals surface area contributed by atoms with Gasteiger partial charge in [-0.1, -0.05) is 58.9 Å². The van der Waals surface area contributed by atoms with Crippen LogP contribution in [0.3, 0.4) is 0 Å². The van der Waals surface area contributed by atoms with Crippen LogP contribution in [-0.4, -0.2) is 59.0 Å². The number of benzene rings is 1. The van der Waals surface area contributed by atoms with E-state index in [0.29, 0.717) is 48.1 Å². The summed E-state index contributed by atoms with van der Waals surface area (Å²) in [7, 11) is 0. The van der Waals surface area contributed by atoms with Gasteiger partial charge in [0.25, 0.3) is 5.91 Å². The molecule has 0 aromatic heterocycles. The summed E-state index contributed by atoms with van der Waals surface area (Å²) in [5.41, 5.74) is 2.88. The standard InChI is InChI=1S/C42H64N2O5/c1-26(2)30-13-19-42(37(49)43-22-16-27-9-8-10-28(23-27)36(48)44-24-29(46)25-45)21-20-40(6)31(35(30)42)11-12-33-39(5)17-15-34(47)38(3,4)32(39)14-18-41(33,40)7/h8-10,23,29-35,45-47H,1,11-22,24-25H2,2-7H3,(H,43,49)(H,44,48)/t29?,30-,31?,32?,33?,34-,35?,39-,40+,41+,42-/m0/s1. The SMILES string of the molecule is C=C(C)[C@@H]1CC[C@]2(C(=O)NCCc3cccc(C(=O)NCC(O)CO)c3)CC[C@]3(C)C(CCC4[C@@]5(C)CC[C@H](O)C(C)(C)C5CC[C@]43C)C12. The van der Waals surface area contributed by atoms with E-state index in [9.17, 15) is 19.8 Å². The van der Waals surface area contributed by atoms with Gasteiger partial charge in [0, 0.05) is 18.7 Å². The first-order chi connectivity index (χ1) is 23.0. The van der Waals surface area contributed by atoms with Gasteiger partial charge in [-0.25, -0.2) is 0 Å². The Morgan fingerprint density at radius 3 is 2.39 bits per heavy atom. The summed E-state index contributed by atoms with van der Waals surface area (Å²) in [5, 5.41) is 35.8. The Kier molecular flexibility index (Phi) is 9.76. The summed E-state index contributed by atoms with van der Waals surface area (Å²) in [6.07, 6.45) is 10.2. The fourth-order valence-corrected chi connectivity index (χ4v) is 13.3. The number of rotatable bonds is 9. The number of hydrogen-bond donors (Lipinski definition) is 5. The van der Waals surface area contributed by atoms with E-state index in [2.05, 4.69) is 58.8 Å². The number of allylic oxidation sites excluding steroid dienone is 1. The maximum atomic E-state index is 14.5. The molecule has 5 unspecified atom stereocenters. The van der Waals surface area contributed by atoms with E-state index >= 15 is 0 Å². The number of fused-ring (bicyclic) bond motifs is 7. The van der Waals surface area contributed by atoms with E-state index in [0.717, 1.165) is 44.1 Å². The minimum absolute atomic E-state index is 0.00790. The van der Waals surface area contributed by atoms with Crippen molar-refractivity contribution in [2.45, 2.75) is 124 Å². The molecule has 0 spiro atoms. The van der Waals surface area contributed by atoms with Gasteiger partial charge in [-0.05, 0) is 146 Å². The Balaban J connectivity index is 1.20. The predicted molar refractivity (Wildman–Crippen MR) is 194 cm³/mol. The number of aliphatic hydroxyl groups is 3. The van der Waals surface area contributed by atoms with Gasteiger partial charge in [0.15, 0.2) is 0 Å². The molecule has 272 valence electrons. The van der Waals surface area contributed by atoms with Crippen molar-refractivity contribution >= 4 is 11.8 Å². The second kappa shape index (κ2) is 13.1. The molecule has 0 radical (unpaired) electrons. The molecule has 2 amide bonds. The summed E-state index contributed by atoms with van der Waals surface area (Å²) in [4.78, 5) is 27.1. The first-order valence-corrected chi connectivity index (χ1v) is 19.3. The largest absolute Gasteiger partial charge is 0.394 e. The van der Waals surface area contributed by atoms with Crippen molar-refractivity contribution in [3.05, 3.63) is 47.5 Å². The minimum atomic E-state index is -0.987. The van der Waals surface area contributed by atoms with E-state index in [1.807, 2.05) is 18.2 Å². The molecule has 5 fully saturated rings. The average Bonchev–Trinajstić information content (AvgIpc) is 3.47. The molecule has 0 bridgehead atoms. The van der Waals surface area contributed by atoms with E-state index in [-0.39, 0.29) is 51.5 Å². The highest BCUT2D eigenvalue weighted by molar-refractivity contribution is 5.94. The first kappa shape index (κ1) is 36.6. The molecule has 6 rings (SSSR count). The number of carbonyl (C=O) groups excluding carboxylic acids is 2. The van der Waals surface area contributed by atoms with Crippen molar-refractivity contribution in [2.24, 2.45) is 56.7 Å². The molecule has 7 nitrogen and oxygen atoms in total. The lowest BCUT2D eigenvalue weighted by Gasteiger charge is -2.72. The van der Waals surface area contributed by atoms with Crippen molar-refractivity contribution in [3.8, 4) is 0 Å². The smallest absolute Gasteiger partial charge is 0.251 e. The third-order valence-electron chi connectivity index (χ3n) is 16.1. The lowest BCUT2D eigenvalue weighted by molar-refractivity contribution is -0.246. The number of amides is 2. The zero-order valence-corrected chi connectivity index (χ0v) is 31.1. The van der Waals surface area contributed by atoms with Gasteiger partial charge < -0.3 is 26.0 Å². The Hall–Kier alpha value is -2.22. The summed E-state index contributed by atoms with van der Waals surface area (Å²) in [6, 6.07) is 7.41. The zero-order chi connectivity index (χ0) is 35.6. The highest BCUT2D eigenvalue weighted by Gasteiger charge is 2.71. The van der Waals surface area contributed by atoms with Crippen LogP contribution >= 0.6 is 0 Å². The van der Waals surface area contributed by atoms with Crippen LogP contribution in [0.2, 0.25) is 0 Å². The van der Waals surface area contributed by atoms with Gasteiger partial charge in [0.2, 0.25) is 5.91 Å². The molecule has 0 saturated heterocycles. The monoisotopic (exact) mass is 676 g/mol. The Morgan fingerprint density at radius 1 is 0.918 bits per heavy atom. The molecule has 5 aliphatic rings. The van der Waals surface area contributed by atoms with Gasteiger partial charge in [-0.2, -0.15) is 0 Å². The normalized spacial score (nSPS) is 41.3. The molecule has 5 saturated carbocycles. The fourth-order valence-electron chi connectivity index (χ4n) is 13.3. The lowest BCUT2D eigenvalue weighted by Crippen LogP contribution is -2.67. The number of hydrogen-bond acceptors (Lipinski definition) is 5. The molecule has 0 heterocycles. The predicted octanol–water partition coefficient (Wildman–Crippen LogP) is 6.45. The lowest BCUT2D eigenvalue weighted by atomic mass is 9.32. The van der Waals surface area contributed by atoms with E-state index < -0.39 is 12.7 Å². The Morgan fingerprint density at radius 2 is 1.67 bits per heavy atom.